The molecule has 2 aromatic carbocycles. The lowest BCUT2D eigenvalue weighted by Gasteiger charge is -2.00. The Labute approximate surface area is 143 Å². The molecule has 0 amide bonds. The molecule has 1 heterocycles. The van der Waals surface area contributed by atoms with E-state index in [9.17, 15) is 0 Å². The first kappa shape index (κ1) is 15.0. The number of hydrogen-bond acceptors (Lipinski definition) is 4. The number of aromatic nitrogens is 1. The van der Waals surface area contributed by atoms with Gasteiger partial charge in [0.05, 0.1) is 10.7 Å². The maximum atomic E-state index is 6.23. The van der Waals surface area contributed by atoms with E-state index >= 15 is 0 Å². The van der Waals surface area contributed by atoms with E-state index in [1.54, 1.807) is 18.2 Å². The minimum Gasteiger partial charge on any atom is -0.235 e. The molecule has 0 unspecified atom stereocenters. The van der Waals surface area contributed by atoms with Crippen molar-refractivity contribution in [3.63, 3.8) is 0 Å². The molecule has 0 N–H and O–H groups in total. The average Bonchev–Trinajstić information content (AvgIpc) is 2.86. The zero-order valence-corrected chi connectivity index (χ0v) is 14.3. The highest BCUT2D eigenvalue weighted by Crippen LogP contribution is 2.27. The van der Waals surface area contributed by atoms with E-state index in [0.29, 0.717) is 20.8 Å². The van der Waals surface area contributed by atoms with Crippen LogP contribution in [-0.2, 0) is 0 Å². The van der Waals surface area contributed by atoms with Crippen LogP contribution in [0.1, 0.15) is 0 Å². The minimum absolute atomic E-state index is 0.550. The quantitative estimate of drug-likeness (QED) is 0.501. The molecule has 0 saturated heterocycles. The zero-order chi connectivity index (χ0) is 14.8. The molecule has 0 atom stereocenters. The van der Waals surface area contributed by atoms with Crippen LogP contribution in [0.3, 0.4) is 0 Å². The predicted octanol–water partition coefficient (Wildman–Crippen LogP) is 6.06. The smallest absolute Gasteiger partial charge is 0.155 e. The zero-order valence-electron chi connectivity index (χ0n) is 10.4. The van der Waals surface area contributed by atoms with Crippen LogP contribution in [-0.4, -0.2) is 4.37 Å². The molecule has 0 aliphatic carbocycles. The molecule has 0 aliphatic heterocycles. The topological polar surface area (TPSA) is 25.2 Å². The molecule has 0 fully saturated rings. The largest absolute Gasteiger partial charge is 0.235 e. The summed E-state index contributed by atoms with van der Waals surface area (Å²) in [5.41, 5.74) is 2.33. The van der Waals surface area contributed by atoms with Gasteiger partial charge in [-0.1, -0.05) is 53.0 Å². The van der Waals surface area contributed by atoms with Gasteiger partial charge < -0.3 is 0 Å². The first-order valence-electron chi connectivity index (χ1n) is 5.85. The maximum Gasteiger partial charge on any atom is 0.155 e. The second kappa shape index (κ2) is 6.46. The molecule has 0 radical (unpaired) electrons. The summed E-state index contributed by atoms with van der Waals surface area (Å²) in [6.07, 6.45) is 0. The maximum absolute atomic E-state index is 6.23. The molecular formula is C14H7Cl3N2S2. The average molecular weight is 374 g/mol. The van der Waals surface area contributed by atoms with Gasteiger partial charge in [0.15, 0.2) is 4.67 Å². The van der Waals surface area contributed by atoms with Crippen molar-refractivity contribution in [3.05, 3.63) is 62.2 Å². The van der Waals surface area contributed by atoms with Crippen molar-refractivity contribution in [2.24, 2.45) is 4.99 Å². The highest BCUT2D eigenvalue weighted by Gasteiger charge is 2.09. The van der Waals surface area contributed by atoms with Gasteiger partial charge in [-0.15, -0.1) is 0 Å². The van der Waals surface area contributed by atoms with Crippen molar-refractivity contribution in [1.82, 2.24) is 4.37 Å². The third-order valence-electron chi connectivity index (χ3n) is 2.65. The van der Waals surface area contributed by atoms with Gasteiger partial charge in [0.2, 0.25) is 0 Å². The molecular weight excluding hydrogens is 367 g/mol. The second-order valence-electron chi connectivity index (χ2n) is 4.12. The fourth-order valence-corrected chi connectivity index (χ4v) is 4.22. The van der Waals surface area contributed by atoms with Crippen LogP contribution in [0.4, 0.5) is 5.69 Å². The summed E-state index contributed by atoms with van der Waals surface area (Å²) >= 11 is 18.2. The fourth-order valence-electron chi connectivity index (χ4n) is 1.78. The highest BCUT2D eigenvalue weighted by atomic mass is 35.5. The molecule has 0 aliphatic rings. The minimum atomic E-state index is 0.550. The predicted molar refractivity (Wildman–Crippen MR) is 92.1 cm³/mol. The van der Waals surface area contributed by atoms with E-state index in [1.807, 2.05) is 24.3 Å². The summed E-state index contributed by atoms with van der Waals surface area (Å²) in [4.78, 5) is 4.58. The van der Waals surface area contributed by atoms with Gasteiger partial charge in [0.1, 0.15) is 5.69 Å². The van der Waals surface area contributed by atoms with E-state index in [2.05, 4.69) is 9.37 Å². The standard InChI is InChI=1S/C14H7Cl3N2S2/c15-8-5-9(16)7-10(6-8)18-14-13(19-21-20-14)11-3-1-2-4-12(11)17/h1-7H. The van der Waals surface area contributed by atoms with Crippen LogP contribution in [0.5, 0.6) is 0 Å². The van der Waals surface area contributed by atoms with Gasteiger partial charge in [-0.2, -0.15) is 4.37 Å². The number of hydrogen-bond donors (Lipinski definition) is 0. The third kappa shape index (κ3) is 3.47. The van der Waals surface area contributed by atoms with Crippen molar-refractivity contribution in [2.75, 3.05) is 0 Å². The molecule has 1 aromatic heterocycles. The van der Waals surface area contributed by atoms with Crippen molar-refractivity contribution in [3.8, 4) is 11.3 Å². The second-order valence-corrected chi connectivity index (χ2v) is 7.23. The molecule has 0 spiro atoms. The first-order chi connectivity index (χ1) is 10.1. The Morgan fingerprint density at radius 2 is 1.67 bits per heavy atom. The fraction of sp³-hybridized carbons (Fsp3) is 0. The van der Waals surface area contributed by atoms with Crippen LogP contribution in [0, 0.1) is 0 Å². The highest BCUT2D eigenvalue weighted by molar-refractivity contribution is 7.66. The number of rotatable bonds is 2. The molecule has 3 aromatic rings. The molecule has 0 bridgehead atoms. The van der Waals surface area contributed by atoms with E-state index in [4.69, 9.17) is 34.8 Å². The summed E-state index contributed by atoms with van der Waals surface area (Å²) in [7, 11) is 2.85. The van der Waals surface area contributed by atoms with Gasteiger partial charge in [0.25, 0.3) is 0 Å². The molecule has 3 rings (SSSR count). The number of halogens is 3. The van der Waals surface area contributed by atoms with Crippen LogP contribution in [0.25, 0.3) is 11.3 Å². The van der Waals surface area contributed by atoms with Crippen molar-refractivity contribution < 1.29 is 0 Å². The molecule has 21 heavy (non-hydrogen) atoms. The lowest BCUT2D eigenvalue weighted by Crippen LogP contribution is -1.98. The summed E-state index contributed by atoms with van der Waals surface area (Å²) in [6, 6.07) is 12.8. The van der Waals surface area contributed by atoms with E-state index in [1.165, 1.54) is 20.9 Å². The van der Waals surface area contributed by atoms with Crippen molar-refractivity contribution in [1.29, 1.82) is 0 Å². The van der Waals surface area contributed by atoms with Crippen LogP contribution >= 0.6 is 55.7 Å². The Morgan fingerprint density at radius 1 is 0.952 bits per heavy atom. The van der Waals surface area contributed by atoms with Gasteiger partial charge in [-0.05, 0) is 34.6 Å². The monoisotopic (exact) mass is 372 g/mol. The van der Waals surface area contributed by atoms with Crippen molar-refractivity contribution >= 4 is 61.4 Å². The van der Waals surface area contributed by atoms with E-state index in [0.717, 1.165) is 15.9 Å². The summed E-state index contributed by atoms with van der Waals surface area (Å²) in [5, 5.41) is 1.75. The van der Waals surface area contributed by atoms with E-state index < -0.39 is 0 Å². The van der Waals surface area contributed by atoms with Crippen LogP contribution < -0.4 is 4.67 Å². The van der Waals surface area contributed by atoms with Gasteiger partial charge >= 0.3 is 0 Å². The lowest BCUT2D eigenvalue weighted by atomic mass is 10.2. The van der Waals surface area contributed by atoms with Gasteiger partial charge in [-0.3, -0.25) is 0 Å². The Hall–Kier alpha value is -0.910. The summed E-state index contributed by atoms with van der Waals surface area (Å²) in [5.74, 6) is 0. The summed E-state index contributed by atoms with van der Waals surface area (Å²) < 4.78 is 5.19. The Bertz CT molecular complexity index is 835. The van der Waals surface area contributed by atoms with Crippen molar-refractivity contribution in [2.45, 2.75) is 0 Å². The number of nitrogens with zero attached hydrogens (tertiary/aromatic N) is 2. The van der Waals surface area contributed by atoms with Gasteiger partial charge in [-0.25, -0.2) is 4.99 Å². The SMILES string of the molecule is Clc1cc(Cl)cc(N=c2ssnc2-c2ccccc2Cl)c1. The molecule has 2 nitrogen and oxygen atoms in total. The van der Waals surface area contributed by atoms with Gasteiger partial charge in [0, 0.05) is 26.1 Å². The van der Waals surface area contributed by atoms with Crippen LogP contribution in [0.2, 0.25) is 15.1 Å². The molecule has 106 valence electrons. The number of benzene rings is 2. The Balaban J connectivity index is 2.15. The summed E-state index contributed by atoms with van der Waals surface area (Å²) in [6.45, 7) is 0. The van der Waals surface area contributed by atoms with Crippen LogP contribution in [0.15, 0.2) is 47.5 Å². The Kier molecular flexibility index (Phi) is 4.62. The first-order valence-corrected chi connectivity index (χ1v) is 9.09. The molecule has 0 saturated carbocycles. The third-order valence-corrected chi connectivity index (χ3v) is 5.12. The Morgan fingerprint density at radius 3 is 2.38 bits per heavy atom. The molecule has 7 heteroatoms. The van der Waals surface area contributed by atoms with E-state index in [-0.39, 0.29) is 0 Å². The lowest BCUT2D eigenvalue weighted by molar-refractivity contribution is 1.37. The normalized spacial score (nSPS) is 11.9.